The number of hydrogen-bond acceptors (Lipinski definition) is 9. The number of esters is 3. The Hall–Kier alpha value is -6.87. The Morgan fingerprint density at radius 1 is 0.340 bits per heavy atom. The van der Waals surface area contributed by atoms with Gasteiger partial charge in [0.15, 0.2) is 0 Å². The Balaban J connectivity index is 1.53. The van der Waals surface area contributed by atoms with Crippen molar-refractivity contribution in [3.05, 3.63) is 174 Å². The predicted octanol–water partition coefficient (Wildman–Crippen LogP) is 25.6. The van der Waals surface area contributed by atoms with Gasteiger partial charge in [-0.3, -0.25) is 14.4 Å². The summed E-state index contributed by atoms with van der Waals surface area (Å²) in [6.07, 6.45) is 6.10. The molecule has 0 aliphatic heterocycles. The molecular weight excluding hydrogens is 1270 g/mol. The third-order valence-electron chi connectivity index (χ3n) is 24.9. The quantitative estimate of drug-likeness (QED) is 0.0309. The average molecular weight is 1410 g/mol. The van der Waals surface area contributed by atoms with Crippen LogP contribution in [0.1, 0.15) is 371 Å². The first-order chi connectivity index (χ1) is 47.2. The monoisotopic (exact) mass is 1410 g/mol. The van der Waals surface area contributed by atoms with Crippen molar-refractivity contribution in [1.82, 2.24) is 0 Å². The van der Waals surface area contributed by atoms with E-state index >= 15 is 0 Å². The lowest BCUT2D eigenvalue weighted by atomic mass is 9.70. The molecule has 6 aromatic rings. The van der Waals surface area contributed by atoms with E-state index in [0.717, 1.165) is 122 Å². The van der Waals surface area contributed by atoms with Crippen LogP contribution in [-0.2, 0) is 46.9 Å². The zero-order chi connectivity index (χ0) is 78.0. The Labute approximate surface area is 624 Å². The second-order valence-electron chi connectivity index (χ2n) is 37.8. The van der Waals surface area contributed by atoms with E-state index in [1.807, 2.05) is 18.2 Å². The number of benzene rings is 6. The fraction of sp³-hybridized carbons (Fsp3) is 0.585. The van der Waals surface area contributed by atoms with Crippen LogP contribution < -0.4 is 14.2 Å². The fourth-order valence-electron chi connectivity index (χ4n) is 15.1. The third kappa shape index (κ3) is 19.8. The minimum Gasteiger partial charge on any atom is -0.508 e. The maximum atomic E-state index is 14.9. The minimum absolute atomic E-state index is 0.0593. The van der Waals surface area contributed by atoms with Gasteiger partial charge in [0.05, 0.1) is 19.3 Å². The summed E-state index contributed by atoms with van der Waals surface area (Å²) >= 11 is 0. The van der Waals surface area contributed by atoms with E-state index in [4.69, 9.17) is 14.2 Å². The average Bonchev–Trinajstić information content (AvgIpc) is 0.809. The van der Waals surface area contributed by atoms with E-state index in [-0.39, 0.29) is 116 Å². The Bertz CT molecular complexity index is 3820. The van der Waals surface area contributed by atoms with Gasteiger partial charge in [-0.05, 0) is 222 Å². The van der Waals surface area contributed by atoms with Crippen LogP contribution >= 0.6 is 0 Å². The molecule has 566 valence electrons. The summed E-state index contributed by atoms with van der Waals surface area (Å²) < 4.78 is 20.1. The van der Waals surface area contributed by atoms with Crippen LogP contribution in [0.2, 0.25) is 0 Å². The van der Waals surface area contributed by atoms with E-state index in [9.17, 15) is 29.7 Å². The minimum atomic E-state index is -0.480. The van der Waals surface area contributed by atoms with Crippen LogP contribution in [0.25, 0.3) is 0 Å². The normalized spacial score (nSPS) is 14.6. The molecule has 9 heteroatoms. The Morgan fingerprint density at radius 3 is 0.816 bits per heavy atom. The first-order valence-electron chi connectivity index (χ1n) is 38.8. The number of phenolic OH excluding ortho intramolecular Hbond substituents is 3. The molecule has 4 unspecified atom stereocenters. The van der Waals surface area contributed by atoms with E-state index in [2.05, 4.69) is 269 Å². The third-order valence-corrected chi connectivity index (χ3v) is 24.9. The summed E-state index contributed by atoms with van der Waals surface area (Å²) in [5.41, 5.74) is 11.6. The van der Waals surface area contributed by atoms with Gasteiger partial charge in [0.25, 0.3) is 0 Å². The lowest BCUT2D eigenvalue weighted by molar-refractivity contribution is -0.136. The van der Waals surface area contributed by atoms with Crippen molar-refractivity contribution in [3.63, 3.8) is 0 Å². The molecule has 6 aromatic carbocycles. The van der Waals surface area contributed by atoms with Gasteiger partial charge in [0.1, 0.15) is 34.5 Å². The highest BCUT2D eigenvalue weighted by Crippen LogP contribution is 2.51. The first kappa shape index (κ1) is 85.1. The van der Waals surface area contributed by atoms with Gasteiger partial charge in [0.2, 0.25) is 0 Å². The van der Waals surface area contributed by atoms with Gasteiger partial charge in [-0.1, -0.05) is 268 Å². The van der Waals surface area contributed by atoms with Gasteiger partial charge < -0.3 is 29.5 Å². The molecule has 103 heavy (non-hydrogen) atoms. The summed E-state index contributed by atoms with van der Waals surface area (Å²) in [5.74, 6) is 0.582. The van der Waals surface area contributed by atoms with E-state index in [1.54, 1.807) is 18.2 Å². The van der Waals surface area contributed by atoms with Crippen LogP contribution in [0.5, 0.6) is 34.5 Å². The topological polar surface area (TPSA) is 140 Å². The number of carbonyl (C=O) groups is 3. The molecule has 0 fully saturated rings. The highest BCUT2D eigenvalue weighted by Gasteiger charge is 2.40. The molecule has 9 nitrogen and oxygen atoms in total. The van der Waals surface area contributed by atoms with Crippen molar-refractivity contribution in [2.45, 2.75) is 341 Å². The Morgan fingerprint density at radius 2 is 0.583 bits per heavy atom. The largest absolute Gasteiger partial charge is 0.508 e. The molecule has 0 aliphatic carbocycles. The fourth-order valence-corrected chi connectivity index (χ4v) is 15.1. The highest BCUT2D eigenvalue weighted by atomic mass is 16.5. The molecular formula is C94H136O9. The second-order valence-corrected chi connectivity index (χ2v) is 37.8. The first-order valence-corrected chi connectivity index (χ1v) is 38.8. The maximum absolute atomic E-state index is 14.9. The maximum Gasteiger partial charge on any atom is 0.311 e. The molecule has 0 saturated heterocycles. The number of carbonyl (C=O) groups excluding carboxylic acids is 3. The van der Waals surface area contributed by atoms with Crippen molar-refractivity contribution in [1.29, 1.82) is 0 Å². The van der Waals surface area contributed by atoms with Crippen molar-refractivity contribution >= 4 is 17.9 Å². The molecule has 0 heterocycles. The van der Waals surface area contributed by atoms with Crippen LogP contribution in [0.3, 0.4) is 0 Å². The number of hydrogen-bond donors (Lipinski definition) is 3. The highest BCUT2D eigenvalue weighted by molar-refractivity contribution is 5.77. The van der Waals surface area contributed by atoms with Gasteiger partial charge in [-0.2, -0.15) is 0 Å². The van der Waals surface area contributed by atoms with Crippen molar-refractivity contribution in [2.24, 2.45) is 16.2 Å². The molecule has 0 radical (unpaired) electrons. The van der Waals surface area contributed by atoms with E-state index in [0.29, 0.717) is 23.7 Å². The number of rotatable bonds is 29. The summed E-state index contributed by atoms with van der Waals surface area (Å²) in [6, 6.07) is 30.6. The number of aromatic hydroxyl groups is 3. The molecule has 0 aromatic heterocycles. The molecule has 6 rings (SSSR count). The SMILES string of the molecule is CCC(C)(C)c1cc(C(CC(=O)Oc2cc(C)c(C(C)CC(c3cc(C(C)(C)C)c(OC(=O)CC(c4ccc(O)c(C(C)(C)CC)c4)C(C)(C)CC)cc3C)c3cc(C(C)(C)C)c(OC(=O)CC(c4ccc(O)c(C(C)(C)CC)c4)C(C)(C)CC)cc3C)cc2C(C)(C)C)C(C)(C)CC)ccc1O. The lowest BCUT2D eigenvalue weighted by Gasteiger charge is -2.35. The predicted molar refractivity (Wildman–Crippen MR) is 430 cm³/mol. The zero-order valence-corrected chi connectivity index (χ0v) is 69.9. The molecule has 0 amide bonds. The second kappa shape index (κ2) is 32.1. The van der Waals surface area contributed by atoms with Gasteiger partial charge >= 0.3 is 17.9 Å². The van der Waals surface area contributed by atoms with Gasteiger partial charge in [0, 0.05) is 22.6 Å². The molecule has 0 bridgehead atoms. The number of ether oxygens (including phenoxy) is 3. The number of phenols is 3. The number of aryl methyl sites for hydroxylation is 3. The van der Waals surface area contributed by atoms with Gasteiger partial charge in [-0.25, -0.2) is 0 Å². The van der Waals surface area contributed by atoms with E-state index in [1.165, 1.54) is 0 Å². The van der Waals surface area contributed by atoms with Crippen molar-refractivity contribution in [3.8, 4) is 34.5 Å². The summed E-state index contributed by atoms with van der Waals surface area (Å²) in [6.45, 7) is 67.2. The van der Waals surface area contributed by atoms with Crippen molar-refractivity contribution < 1.29 is 43.9 Å². The summed E-state index contributed by atoms with van der Waals surface area (Å²) in [5, 5.41) is 33.5. The standard InChI is InChI=1S/C94H136O9/c1-32-89(20,21)68(61-38-41-77(95)71(48-61)92(26,27)35-4)54-83(98)101-80-45-58(8)64(51-74(80)86(11,12)13)57(7)44-67(65-52-75(87(14,15)16)81(46-59(65)9)102-84(99)55-69(90(22,23)33-2)62-39-42-78(96)72(49-62)93(28,29)36-5)66-53-76(88(17,18)19)82(47-60(66)10)103-85(100)56-70(91(24,25)34-3)63-40-43-79(97)73(50-63)94(30,31)37-6/h38-43,45-53,57,67-70,95-97H,32-37,44,54-56H2,1-31H3. The van der Waals surface area contributed by atoms with Crippen LogP contribution in [0.15, 0.2) is 91.0 Å². The zero-order valence-electron chi connectivity index (χ0n) is 69.9. The Kier molecular flexibility index (Phi) is 26.5. The van der Waals surface area contributed by atoms with Crippen LogP contribution in [0, 0.1) is 37.0 Å². The molecule has 4 atom stereocenters. The van der Waals surface area contributed by atoms with Crippen LogP contribution in [-0.4, -0.2) is 33.2 Å². The van der Waals surface area contributed by atoms with Crippen molar-refractivity contribution in [2.75, 3.05) is 0 Å². The molecule has 0 saturated carbocycles. The van der Waals surface area contributed by atoms with Crippen LogP contribution in [0.4, 0.5) is 0 Å². The molecule has 0 spiro atoms. The molecule has 0 aliphatic rings. The smallest absolute Gasteiger partial charge is 0.311 e. The van der Waals surface area contributed by atoms with Gasteiger partial charge in [-0.15, -0.1) is 0 Å². The summed E-state index contributed by atoms with van der Waals surface area (Å²) in [7, 11) is 0. The van der Waals surface area contributed by atoms with E-state index < -0.39 is 16.2 Å². The lowest BCUT2D eigenvalue weighted by Crippen LogP contribution is -2.27. The summed E-state index contributed by atoms with van der Waals surface area (Å²) in [4.78, 5) is 44.6. The molecule has 3 N–H and O–H groups in total.